The van der Waals surface area contributed by atoms with Gasteiger partial charge in [-0.05, 0) is 44.6 Å². The standard InChI is InChI=1S/C16H20Cl2N2S/c1-12(13-5-3-6-14(18)9-13)20(2)8-4-7-16-19-15(10-17)11-21-16/h3,5-6,9,11-12H,4,7-8,10H2,1-2H3. The Morgan fingerprint density at radius 3 is 2.86 bits per heavy atom. The SMILES string of the molecule is CC(c1cccc(Cl)c1)N(C)CCCc1nc(CCl)cs1. The Morgan fingerprint density at radius 1 is 1.38 bits per heavy atom. The maximum atomic E-state index is 6.06. The lowest BCUT2D eigenvalue weighted by atomic mass is 10.1. The third-order valence-corrected chi connectivity index (χ3v) is 5.10. The van der Waals surface area contributed by atoms with Crippen LogP contribution in [0, 0.1) is 0 Å². The normalized spacial score (nSPS) is 12.8. The Hall–Kier alpha value is -0.610. The lowest BCUT2D eigenvalue weighted by Gasteiger charge is -2.25. The summed E-state index contributed by atoms with van der Waals surface area (Å²) in [6.07, 6.45) is 2.10. The fraction of sp³-hybridized carbons (Fsp3) is 0.438. The first kappa shape index (κ1) is 16.8. The van der Waals surface area contributed by atoms with Crippen molar-refractivity contribution in [3.63, 3.8) is 0 Å². The number of thiazole rings is 1. The first-order valence-electron chi connectivity index (χ1n) is 7.05. The van der Waals surface area contributed by atoms with E-state index in [0.29, 0.717) is 11.9 Å². The topological polar surface area (TPSA) is 16.1 Å². The van der Waals surface area contributed by atoms with Crippen molar-refractivity contribution in [1.29, 1.82) is 0 Å². The van der Waals surface area contributed by atoms with E-state index in [1.165, 1.54) is 10.6 Å². The van der Waals surface area contributed by atoms with Crippen LogP contribution in [0.1, 0.15) is 35.7 Å². The molecule has 0 bridgehead atoms. The maximum Gasteiger partial charge on any atom is 0.0929 e. The van der Waals surface area contributed by atoms with Crippen molar-refractivity contribution in [3.05, 3.63) is 50.9 Å². The summed E-state index contributed by atoms with van der Waals surface area (Å²) in [5, 5.41) is 4.01. The molecule has 5 heteroatoms. The summed E-state index contributed by atoms with van der Waals surface area (Å²) in [5.74, 6) is 0.502. The van der Waals surface area contributed by atoms with Gasteiger partial charge < -0.3 is 0 Å². The van der Waals surface area contributed by atoms with E-state index in [1.807, 2.05) is 23.6 Å². The van der Waals surface area contributed by atoms with Gasteiger partial charge in [0.1, 0.15) is 0 Å². The van der Waals surface area contributed by atoms with Gasteiger partial charge in [-0.1, -0.05) is 23.7 Å². The molecule has 1 aromatic heterocycles. The molecule has 0 saturated heterocycles. The molecule has 21 heavy (non-hydrogen) atoms. The number of aromatic nitrogens is 1. The van der Waals surface area contributed by atoms with Crippen molar-refractivity contribution in [3.8, 4) is 0 Å². The van der Waals surface area contributed by atoms with E-state index >= 15 is 0 Å². The molecule has 2 nitrogen and oxygen atoms in total. The van der Waals surface area contributed by atoms with Crippen LogP contribution >= 0.6 is 34.5 Å². The van der Waals surface area contributed by atoms with E-state index in [4.69, 9.17) is 23.2 Å². The summed E-state index contributed by atoms with van der Waals surface area (Å²) in [6.45, 7) is 3.24. The van der Waals surface area contributed by atoms with Gasteiger partial charge in [-0.2, -0.15) is 0 Å². The smallest absolute Gasteiger partial charge is 0.0929 e. The zero-order valence-corrected chi connectivity index (χ0v) is 14.7. The number of hydrogen-bond acceptors (Lipinski definition) is 3. The average molecular weight is 343 g/mol. The summed E-state index contributed by atoms with van der Waals surface area (Å²) in [4.78, 5) is 6.84. The van der Waals surface area contributed by atoms with Gasteiger partial charge in [0.2, 0.25) is 0 Å². The minimum Gasteiger partial charge on any atom is -0.300 e. The number of hydrogen-bond donors (Lipinski definition) is 0. The van der Waals surface area contributed by atoms with Crippen LogP contribution in [-0.2, 0) is 12.3 Å². The van der Waals surface area contributed by atoms with E-state index in [-0.39, 0.29) is 0 Å². The minimum absolute atomic E-state index is 0.360. The second-order valence-corrected chi connectivity index (χ2v) is 6.83. The van der Waals surface area contributed by atoms with Crippen molar-refractivity contribution in [2.45, 2.75) is 31.7 Å². The summed E-state index contributed by atoms with van der Waals surface area (Å²) in [7, 11) is 2.15. The quantitative estimate of drug-likeness (QED) is 0.646. The van der Waals surface area contributed by atoms with Crippen LogP contribution < -0.4 is 0 Å². The summed E-state index contributed by atoms with van der Waals surface area (Å²) >= 11 is 13.5. The highest BCUT2D eigenvalue weighted by atomic mass is 35.5. The number of alkyl halides is 1. The zero-order chi connectivity index (χ0) is 15.2. The number of rotatable bonds is 7. The molecule has 0 amide bonds. The van der Waals surface area contributed by atoms with E-state index in [9.17, 15) is 0 Å². The number of benzene rings is 1. The van der Waals surface area contributed by atoms with Gasteiger partial charge in [-0.3, -0.25) is 4.90 Å². The molecule has 0 aliphatic carbocycles. The molecular weight excluding hydrogens is 323 g/mol. The Kier molecular flexibility index (Phi) is 6.49. The lowest BCUT2D eigenvalue weighted by Crippen LogP contribution is -2.23. The van der Waals surface area contributed by atoms with Crippen LogP contribution in [0.2, 0.25) is 5.02 Å². The van der Waals surface area contributed by atoms with Crippen LogP contribution in [-0.4, -0.2) is 23.5 Å². The molecule has 2 aromatic rings. The van der Waals surface area contributed by atoms with Gasteiger partial charge in [0.05, 0.1) is 16.6 Å². The first-order valence-corrected chi connectivity index (χ1v) is 8.84. The van der Waals surface area contributed by atoms with Crippen LogP contribution in [0.3, 0.4) is 0 Å². The Morgan fingerprint density at radius 2 is 2.19 bits per heavy atom. The lowest BCUT2D eigenvalue weighted by molar-refractivity contribution is 0.258. The van der Waals surface area contributed by atoms with E-state index in [2.05, 4.69) is 29.9 Å². The molecule has 1 unspecified atom stereocenters. The van der Waals surface area contributed by atoms with Gasteiger partial charge >= 0.3 is 0 Å². The summed E-state index contributed by atoms with van der Waals surface area (Å²) in [6, 6.07) is 8.44. The van der Waals surface area contributed by atoms with E-state index < -0.39 is 0 Å². The Labute approximate surface area is 140 Å². The summed E-state index contributed by atoms with van der Waals surface area (Å²) < 4.78 is 0. The monoisotopic (exact) mass is 342 g/mol. The number of halogens is 2. The van der Waals surface area contributed by atoms with Crippen molar-refractivity contribution in [2.75, 3.05) is 13.6 Å². The molecule has 0 spiro atoms. The van der Waals surface area contributed by atoms with Crippen molar-refractivity contribution < 1.29 is 0 Å². The molecule has 1 aromatic carbocycles. The molecule has 114 valence electrons. The van der Waals surface area contributed by atoms with Crippen LogP contribution in [0.5, 0.6) is 0 Å². The number of aryl methyl sites for hydroxylation is 1. The van der Waals surface area contributed by atoms with Crippen molar-refractivity contribution in [2.24, 2.45) is 0 Å². The second-order valence-electron chi connectivity index (χ2n) is 5.18. The molecule has 0 saturated carbocycles. The Bertz CT molecular complexity index is 571. The van der Waals surface area contributed by atoms with Crippen molar-refractivity contribution >= 4 is 34.5 Å². The molecule has 0 aliphatic heterocycles. The zero-order valence-electron chi connectivity index (χ0n) is 12.4. The molecule has 2 rings (SSSR count). The fourth-order valence-corrected chi connectivity index (χ4v) is 3.49. The predicted octanol–water partition coefficient (Wildman–Crippen LogP) is 5.16. The summed E-state index contributed by atoms with van der Waals surface area (Å²) in [5.41, 5.74) is 2.24. The third kappa shape index (κ3) is 4.96. The average Bonchev–Trinajstić information content (AvgIpc) is 2.94. The molecule has 0 fully saturated rings. The molecule has 0 aliphatic rings. The molecule has 0 radical (unpaired) electrons. The van der Waals surface area contributed by atoms with Crippen LogP contribution in [0.4, 0.5) is 0 Å². The van der Waals surface area contributed by atoms with Crippen LogP contribution in [0.15, 0.2) is 29.6 Å². The number of nitrogens with zero attached hydrogens (tertiary/aromatic N) is 2. The van der Waals surface area contributed by atoms with E-state index in [0.717, 1.165) is 30.1 Å². The molecule has 1 heterocycles. The molecule has 1 atom stereocenters. The van der Waals surface area contributed by atoms with Gasteiger partial charge in [0, 0.05) is 22.9 Å². The van der Waals surface area contributed by atoms with Gasteiger partial charge in [0.15, 0.2) is 0 Å². The first-order chi connectivity index (χ1) is 10.1. The predicted molar refractivity (Wildman–Crippen MR) is 92.5 cm³/mol. The van der Waals surface area contributed by atoms with Gasteiger partial charge in [-0.15, -0.1) is 22.9 Å². The second kappa shape index (κ2) is 8.14. The fourth-order valence-electron chi connectivity index (χ4n) is 2.22. The van der Waals surface area contributed by atoms with Crippen molar-refractivity contribution in [1.82, 2.24) is 9.88 Å². The van der Waals surface area contributed by atoms with Gasteiger partial charge in [-0.25, -0.2) is 4.98 Å². The Balaban J connectivity index is 1.82. The molecular formula is C16H20Cl2N2S. The minimum atomic E-state index is 0.360. The highest BCUT2D eigenvalue weighted by Gasteiger charge is 2.12. The third-order valence-electron chi connectivity index (χ3n) is 3.63. The largest absolute Gasteiger partial charge is 0.300 e. The van der Waals surface area contributed by atoms with E-state index in [1.54, 1.807) is 11.3 Å². The van der Waals surface area contributed by atoms with Gasteiger partial charge in [0.25, 0.3) is 0 Å². The van der Waals surface area contributed by atoms with Crippen LogP contribution in [0.25, 0.3) is 0 Å². The highest BCUT2D eigenvalue weighted by molar-refractivity contribution is 7.09. The highest BCUT2D eigenvalue weighted by Crippen LogP contribution is 2.22. The molecule has 0 N–H and O–H groups in total. The maximum absolute atomic E-state index is 6.06.